The number of piperidine rings is 1. The van der Waals surface area contributed by atoms with Crippen molar-refractivity contribution in [3.8, 4) is 5.75 Å². The van der Waals surface area contributed by atoms with Crippen LogP contribution in [-0.4, -0.2) is 35.3 Å². The third kappa shape index (κ3) is 3.55. The van der Waals surface area contributed by atoms with Crippen molar-refractivity contribution >= 4 is 6.09 Å². The maximum atomic E-state index is 14.6. The third-order valence-electron chi connectivity index (χ3n) is 5.95. The van der Waals surface area contributed by atoms with Crippen molar-refractivity contribution in [2.24, 2.45) is 0 Å². The van der Waals surface area contributed by atoms with Crippen LogP contribution in [0.15, 0.2) is 42.5 Å². The molecule has 5 nitrogen and oxygen atoms in total. The number of amides is 1. The Morgan fingerprint density at radius 2 is 1.76 bits per heavy atom. The van der Waals surface area contributed by atoms with Crippen LogP contribution in [0.3, 0.4) is 0 Å². The Morgan fingerprint density at radius 3 is 2.38 bits per heavy atom. The molecule has 2 aromatic rings. The van der Waals surface area contributed by atoms with Gasteiger partial charge in [-0.25, -0.2) is 9.18 Å². The molecule has 2 saturated heterocycles. The van der Waals surface area contributed by atoms with Crippen LogP contribution < -0.4 is 4.74 Å². The molecule has 2 heterocycles. The van der Waals surface area contributed by atoms with Gasteiger partial charge in [-0.15, -0.1) is 0 Å². The first kappa shape index (κ1) is 19.6. The highest BCUT2D eigenvalue weighted by Gasteiger charge is 2.51. The van der Waals surface area contributed by atoms with E-state index in [-0.39, 0.29) is 42.8 Å². The molecule has 1 amide bonds. The zero-order chi connectivity index (χ0) is 20.6. The lowest BCUT2D eigenvalue weighted by Crippen LogP contribution is -2.52. The van der Waals surface area contributed by atoms with Gasteiger partial charge >= 0.3 is 6.09 Å². The Hall–Kier alpha value is -2.67. The van der Waals surface area contributed by atoms with Crippen LogP contribution in [-0.2, 0) is 16.9 Å². The van der Waals surface area contributed by atoms with Crippen molar-refractivity contribution in [3.63, 3.8) is 0 Å². The van der Waals surface area contributed by atoms with Crippen molar-refractivity contribution in [1.82, 2.24) is 4.90 Å². The van der Waals surface area contributed by atoms with Crippen LogP contribution in [0.2, 0.25) is 0 Å². The molecule has 0 aromatic heterocycles. The molecule has 0 radical (unpaired) electrons. The smallest absolute Gasteiger partial charge is 0.410 e. The SMILES string of the molecule is COc1ccc(C2(O)CC3CCC(C2)N3C(=O)OCc2ccccc2)c(F)c1F. The summed E-state index contributed by atoms with van der Waals surface area (Å²) in [5.41, 5.74) is -0.748. The minimum Gasteiger partial charge on any atom is -0.494 e. The number of nitrogens with zero attached hydrogens (tertiary/aromatic N) is 1. The molecular weight excluding hydrogens is 380 g/mol. The van der Waals surface area contributed by atoms with E-state index in [1.165, 1.54) is 19.2 Å². The number of carbonyl (C=O) groups excluding carboxylic acids is 1. The number of rotatable bonds is 4. The third-order valence-corrected chi connectivity index (χ3v) is 5.95. The standard InChI is InChI=1S/C22H23F2NO4/c1-28-18-10-9-17(19(23)20(18)24)22(27)11-15-7-8-16(12-22)25(15)21(26)29-13-14-5-3-2-4-6-14/h2-6,9-10,15-16,27H,7-8,11-13H2,1H3. The van der Waals surface area contributed by atoms with Crippen LogP contribution in [0.1, 0.15) is 36.8 Å². The molecule has 4 rings (SSSR count). The molecule has 0 aliphatic carbocycles. The largest absolute Gasteiger partial charge is 0.494 e. The fraction of sp³-hybridized carbons (Fsp3) is 0.409. The van der Waals surface area contributed by atoms with Gasteiger partial charge in [-0.3, -0.25) is 0 Å². The van der Waals surface area contributed by atoms with Crippen molar-refractivity contribution in [2.45, 2.75) is 50.0 Å². The minimum absolute atomic E-state index is 0.0926. The molecule has 2 aliphatic heterocycles. The Kier molecular flexibility index (Phi) is 5.17. The number of hydrogen-bond donors (Lipinski definition) is 1. The first-order valence-corrected chi connectivity index (χ1v) is 9.67. The number of hydrogen-bond acceptors (Lipinski definition) is 4. The predicted octanol–water partition coefficient (Wildman–Crippen LogP) is 4.12. The second-order valence-electron chi connectivity index (χ2n) is 7.72. The van der Waals surface area contributed by atoms with E-state index in [0.717, 1.165) is 5.56 Å². The lowest BCUT2D eigenvalue weighted by Gasteiger charge is -2.43. The number of benzene rings is 2. The lowest BCUT2D eigenvalue weighted by atomic mass is 9.80. The molecule has 2 fully saturated rings. The summed E-state index contributed by atoms with van der Waals surface area (Å²) in [7, 11) is 1.26. The van der Waals surface area contributed by atoms with Gasteiger partial charge in [0.2, 0.25) is 5.82 Å². The molecule has 2 unspecified atom stereocenters. The second kappa shape index (κ2) is 7.63. The fourth-order valence-corrected chi connectivity index (χ4v) is 4.59. The number of fused-ring (bicyclic) bond motifs is 2. The van der Waals surface area contributed by atoms with Crippen LogP contribution in [0, 0.1) is 11.6 Å². The topological polar surface area (TPSA) is 59.0 Å². The Morgan fingerprint density at radius 1 is 1.10 bits per heavy atom. The fourth-order valence-electron chi connectivity index (χ4n) is 4.59. The minimum atomic E-state index is -1.54. The number of halogens is 2. The molecule has 2 bridgehead atoms. The summed E-state index contributed by atoms with van der Waals surface area (Å²) < 4.78 is 39.0. The first-order valence-electron chi connectivity index (χ1n) is 9.67. The molecule has 0 saturated carbocycles. The molecule has 2 atom stereocenters. The number of aliphatic hydroxyl groups is 1. The van der Waals surface area contributed by atoms with Crippen LogP contribution >= 0.6 is 0 Å². The maximum absolute atomic E-state index is 14.6. The van der Waals surface area contributed by atoms with Crippen molar-refractivity contribution in [2.75, 3.05) is 7.11 Å². The molecule has 154 valence electrons. The van der Waals surface area contributed by atoms with Gasteiger partial charge in [0.1, 0.15) is 6.61 Å². The summed E-state index contributed by atoms with van der Waals surface area (Å²) in [4.78, 5) is 14.3. The maximum Gasteiger partial charge on any atom is 0.410 e. The predicted molar refractivity (Wildman–Crippen MR) is 101 cm³/mol. The number of ether oxygens (including phenoxy) is 2. The average molecular weight is 403 g/mol. The molecule has 0 spiro atoms. The molecule has 2 aliphatic rings. The normalized spacial score (nSPS) is 25.7. The summed E-state index contributed by atoms with van der Waals surface area (Å²) in [5, 5.41) is 11.2. The van der Waals surface area contributed by atoms with Gasteiger partial charge in [-0.1, -0.05) is 30.3 Å². The zero-order valence-corrected chi connectivity index (χ0v) is 16.1. The highest BCUT2D eigenvalue weighted by atomic mass is 19.2. The lowest BCUT2D eigenvalue weighted by molar-refractivity contribution is -0.0560. The van der Waals surface area contributed by atoms with Crippen LogP contribution in [0.5, 0.6) is 5.75 Å². The Balaban J connectivity index is 1.50. The molecular formula is C22H23F2NO4. The summed E-state index contributed by atoms with van der Waals surface area (Å²) >= 11 is 0. The van der Waals surface area contributed by atoms with E-state index in [9.17, 15) is 18.7 Å². The number of carbonyl (C=O) groups is 1. The van der Waals surface area contributed by atoms with Gasteiger partial charge in [0, 0.05) is 30.5 Å². The second-order valence-corrected chi connectivity index (χ2v) is 7.72. The summed E-state index contributed by atoms with van der Waals surface area (Å²) in [5.74, 6) is -2.43. The monoisotopic (exact) mass is 403 g/mol. The molecule has 1 N–H and O–H groups in total. The van der Waals surface area contributed by atoms with Gasteiger partial charge in [-0.05, 0) is 30.5 Å². The zero-order valence-electron chi connectivity index (χ0n) is 16.1. The molecule has 2 aromatic carbocycles. The summed E-state index contributed by atoms with van der Waals surface area (Å²) in [6.07, 6.45) is 1.20. The van der Waals surface area contributed by atoms with Gasteiger partial charge in [0.05, 0.1) is 12.7 Å². The van der Waals surface area contributed by atoms with Gasteiger partial charge in [0.25, 0.3) is 0 Å². The van der Waals surface area contributed by atoms with Gasteiger partial charge in [-0.2, -0.15) is 4.39 Å². The highest BCUT2D eigenvalue weighted by Crippen LogP contribution is 2.47. The summed E-state index contributed by atoms with van der Waals surface area (Å²) in [6, 6.07) is 11.5. The van der Waals surface area contributed by atoms with Crippen LogP contribution in [0.4, 0.5) is 13.6 Å². The number of methoxy groups -OCH3 is 1. The highest BCUT2D eigenvalue weighted by molar-refractivity contribution is 5.69. The summed E-state index contributed by atoms with van der Waals surface area (Å²) in [6.45, 7) is 0.165. The molecule has 7 heteroatoms. The van der Waals surface area contributed by atoms with E-state index in [1.54, 1.807) is 4.90 Å². The van der Waals surface area contributed by atoms with E-state index in [4.69, 9.17) is 9.47 Å². The van der Waals surface area contributed by atoms with E-state index in [1.807, 2.05) is 30.3 Å². The quantitative estimate of drug-likeness (QED) is 0.834. The van der Waals surface area contributed by atoms with E-state index in [2.05, 4.69) is 0 Å². The van der Waals surface area contributed by atoms with Crippen molar-refractivity contribution in [3.05, 3.63) is 65.2 Å². The Labute approximate surface area is 167 Å². The molecule has 29 heavy (non-hydrogen) atoms. The average Bonchev–Trinajstić information content (AvgIpc) is 3.01. The van der Waals surface area contributed by atoms with E-state index >= 15 is 0 Å². The van der Waals surface area contributed by atoms with Crippen LogP contribution in [0.25, 0.3) is 0 Å². The van der Waals surface area contributed by atoms with Crippen molar-refractivity contribution in [1.29, 1.82) is 0 Å². The van der Waals surface area contributed by atoms with E-state index < -0.39 is 23.3 Å². The van der Waals surface area contributed by atoms with Gasteiger partial charge < -0.3 is 19.5 Å². The van der Waals surface area contributed by atoms with Crippen molar-refractivity contribution < 1.29 is 28.2 Å². The first-order chi connectivity index (χ1) is 13.9. The Bertz CT molecular complexity index is 891. The van der Waals surface area contributed by atoms with Gasteiger partial charge in [0.15, 0.2) is 11.6 Å². The van der Waals surface area contributed by atoms with E-state index in [0.29, 0.717) is 12.8 Å².